The maximum Gasteiger partial charge on any atom is 0.410 e. The van der Waals surface area contributed by atoms with Gasteiger partial charge in [0.2, 0.25) is 0 Å². The van der Waals surface area contributed by atoms with Gasteiger partial charge < -0.3 is 9.64 Å². The molecular formula is C13H23NO4S. The zero-order chi connectivity index (χ0) is 14.3. The molecule has 1 atom stereocenters. The Morgan fingerprint density at radius 1 is 1.26 bits per heavy atom. The van der Waals surface area contributed by atoms with E-state index in [1.807, 2.05) is 20.8 Å². The van der Waals surface area contributed by atoms with Crippen molar-refractivity contribution in [3.8, 4) is 0 Å². The first kappa shape index (κ1) is 14.6. The van der Waals surface area contributed by atoms with Crippen molar-refractivity contribution in [2.24, 2.45) is 5.92 Å². The molecule has 0 aromatic carbocycles. The lowest BCUT2D eigenvalue weighted by Crippen LogP contribution is -2.35. The Bertz CT molecular complexity index is 448. The lowest BCUT2D eigenvalue weighted by Gasteiger charge is -2.24. The molecule has 110 valence electrons. The molecule has 1 saturated carbocycles. The highest BCUT2D eigenvalue weighted by Crippen LogP contribution is 2.31. The Labute approximate surface area is 115 Å². The van der Waals surface area contributed by atoms with Crippen LogP contribution in [0.5, 0.6) is 0 Å². The maximum absolute atomic E-state index is 11.9. The molecule has 2 aliphatic rings. The Kier molecular flexibility index (Phi) is 3.82. The Morgan fingerprint density at radius 3 is 2.42 bits per heavy atom. The first-order valence-corrected chi connectivity index (χ1v) is 8.58. The van der Waals surface area contributed by atoms with E-state index in [-0.39, 0.29) is 23.0 Å². The summed E-state index contributed by atoms with van der Waals surface area (Å²) in [5.41, 5.74) is -0.505. The predicted octanol–water partition coefficient (Wildman–Crippen LogP) is 1.82. The quantitative estimate of drug-likeness (QED) is 0.795. The summed E-state index contributed by atoms with van der Waals surface area (Å²) in [7, 11) is -2.93. The predicted molar refractivity (Wildman–Crippen MR) is 72.7 cm³/mol. The zero-order valence-corrected chi connectivity index (χ0v) is 12.7. The molecule has 1 saturated heterocycles. The van der Waals surface area contributed by atoms with Gasteiger partial charge in [-0.05, 0) is 46.0 Å². The fraction of sp³-hybridized carbons (Fsp3) is 0.923. The van der Waals surface area contributed by atoms with Crippen LogP contribution in [0.3, 0.4) is 0 Å². The SMILES string of the molecule is CC(C)(C)OC(=O)N1CC[C@H](CS(=O)(=O)C2CC2)C1. The molecule has 1 heterocycles. The van der Waals surface area contributed by atoms with Crippen LogP contribution in [-0.2, 0) is 14.6 Å². The molecule has 6 heteroatoms. The fourth-order valence-electron chi connectivity index (χ4n) is 2.35. The van der Waals surface area contributed by atoms with Gasteiger partial charge in [0.15, 0.2) is 9.84 Å². The van der Waals surface area contributed by atoms with Crippen molar-refractivity contribution >= 4 is 15.9 Å². The minimum Gasteiger partial charge on any atom is -0.444 e. The van der Waals surface area contributed by atoms with Crippen LogP contribution in [0.15, 0.2) is 0 Å². The summed E-state index contributed by atoms with van der Waals surface area (Å²) >= 11 is 0. The third kappa shape index (κ3) is 4.09. The van der Waals surface area contributed by atoms with Crippen LogP contribution in [0, 0.1) is 5.92 Å². The van der Waals surface area contributed by atoms with Crippen LogP contribution < -0.4 is 0 Å². The van der Waals surface area contributed by atoms with E-state index in [0.717, 1.165) is 19.3 Å². The second kappa shape index (κ2) is 4.96. The van der Waals surface area contributed by atoms with Gasteiger partial charge in [-0.1, -0.05) is 0 Å². The first-order chi connectivity index (χ1) is 8.67. The van der Waals surface area contributed by atoms with Gasteiger partial charge in [0.05, 0.1) is 11.0 Å². The van der Waals surface area contributed by atoms with Crippen molar-refractivity contribution in [2.45, 2.75) is 50.9 Å². The molecule has 0 unspecified atom stereocenters. The van der Waals surface area contributed by atoms with Crippen LogP contribution in [-0.4, -0.2) is 49.1 Å². The van der Waals surface area contributed by atoms with E-state index < -0.39 is 15.4 Å². The van der Waals surface area contributed by atoms with Gasteiger partial charge in [0.25, 0.3) is 0 Å². The van der Waals surface area contributed by atoms with Crippen molar-refractivity contribution < 1.29 is 17.9 Å². The molecule has 0 radical (unpaired) electrons. The number of carbonyl (C=O) groups is 1. The summed E-state index contributed by atoms with van der Waals surface area (Å²) < 4.78 is 29.1. The number of amides is 1. The summed E-state index contributed by atoms with van der Waals surface area (Å²) in [5.74, 6) is 0.287. The number of sulfone groups is 1. The molecule has 0 aromatic rings. The topological polar surface area (TPSA) is 63.7 Å². The highest BCUT2D eigenvalue weighted by Gasteiger charge is 2.39. The van der Waals surface area contributed by atoms with E-state index in [0.29, 0.717) is 13.1 Å². The molecule has 0 aromatic heterocycles. The average molecular weight is 289 g/mol. The summed E-state index contributed by atoms with van der Waals surface area (Å²) in [4.78, 5) is 13.5. The van der Waals surface area contributed by atoms with Crippen LogP contribution in [0.2, 0.25) is 0 Å². The zero-order valence-electron chi connectivity index (χ0n) is 11.9. The molecule has 1 amide bonds. The van der Waals surface area contributed by atoms with E-state index in [9.17, 15) is 13.2 Å². The largest absolute Gasteiger partial charge is 0.444 e. The average Bonchev–Trinajstić information content (AvgIpc) is 2.98. The van der Waals surface area contributed by atoms with Gasteiger partial charge >= 0.3 is 6.09 Å². The Balaban J connectivity index is 1.84. The highest BCUT2D eigenvalue weighted by molar-refractivity contribution is 7.92. The molecule has 5 nitrogen and oxygen atoms in total. The highest BCUT2D eigenvalue weighted by atomic mass is 32.2. The molecule has 0 N–H and O–H groups in total. The summed E-state index contributed by atoms with van der Waals surface area (Å²) in [6.45, 7) is 6.59. The van der Waals surface area contributed by atoms with Gasteiger partial charge in [0, 0.05) is 13.1 Å². The van der Waals surface area contributed by atoms with Crippen LogP contribution in [0.1, 0.15) is 40.0 Å². The van der Waals surface area contributed by atoms with E-state index in [2.05, 4.69) is 0 Å². The first-order valence-electron chi connectivity index (χ1n) is 6.87. The van der Waals surface area contributed by atoms with Gasteiger partial charge in [-0.2, -0.15) is 0 Å². The van der Waals surface area contributed by atoms with Crippen molar-refractivity contribution in [3.05, 3.63) is 0 Å². The normalized spacial score (nSPS) is 24.6. The van der Waals surface area contributed by atoms with Gasteiger partial charge in [-0.15, -0.1) is 0 Å². The number of hydrogen-bond acceptors (Lipinski definition) is 4. The van der Waals surface area contributed by atoms with Crippen LogP contribution in [0.4, 0.5) is 4.79 Å². The van der Waals surface area contributed by atoms with Crippen molar-refractivity contribution in [1.82, 2.24) is 4.90 Å². The maximum atomic E-state index is 11.9. The minimum absolute atomic E-state index is 0.0677. The molecule has 19 heavy (non-hydrogen) atoms. The molecule has 0 bridgehead atoms. The Hall–Kier alpha value is -0.780. The number of carbonyl (C=O) groups excluding carboxylic acids is 1. The summed E-state index contributed by atoms with van der Waals surface area (Å²) in [5, 5.41) is -0.108. The number of nitrogens with zero attached hydrogens (tertiary/aromatic N) is 1. The molecular weight excluding hydrogens is 266 g/mol. The second-order valence-electron chi connectivity index (χ2n) is 6.61. The standard InChI is InChI=1S/C13H23NO4S/c1-13(2,3)18-12(15)14-7-6-10(8-14)9-19(16,17)11-4-5-11/h10-11H,4-9H2,1-3H3/t10-/m0/s1. The van der Waals surface area contributed by atoms with Crippen LogP contribution in [0.25, 0.3) is 0 Å². The monoisotopic (exact) mass is 289 g/mol. The van der Waals surface area contributed by atoms with E-state index in [1.54, 1.807) is 4.90 Å². The van der Waals surface area contributed by atoms with E-state index in [1.165, 1.54) is 0 Å². The molecule has 1 aliphatic heterocycles. The molecule has 2 fully saturated rings. The van der Waals surface area contributed by atoms with Crippen molar-refractivity contribution in [3.63, 3.8) is 0 Å². The summed E-state index contributed by atoms with van der Waals surface area (Å²) in [6.07, 6.45) is 2.04. The van der Waals surface area contributed by atoms with Gasteiger partial charge in [-0.3, -0.25) is 0 Å². The van der Waals surface area contributed by atoms with Crippen LogP contribution >= 0.6 is 0 Å². The number of hydrogen-bond donors (Lipinski definition) is 0. The summed E-state index contributed by atoms with van der Waals surface area (Å²) in [6, 6.07) is 0. The number of ether oxygens (including phenoxy) is 1. The second-order valence-corrected chi connectivity index (χ2v) is 8.94. The lowest BCUT2D eigenvalue weighted by molar-refractivity contribution is 0.0289. The number of likely N-dealkylation sites (tertiary alicyclic amines) is 1. The van der Waals surface area contributed by atoms with Crippen molar-refractivity contribution in [2.75, 3.05) is 18.8 Å². The lowest BCUT2D eigenvalue weighted by atomic mass is 10.2. The van der Waals surface area contributed by atoms with E-state index in [4.69, 9.17) is 4.74 Å². The smallest absolute Gasteiger partial charge is 0.410 e. The fourth-order valence-corrected chi connectivity index (χ4v) is 4.41. The van der Waals surface area contributed by atoms with Gasteiger partial charge in [-0.25, -0.2) is 13.2 Å². The third-order valence-electron chi connectivity index (χ3n) is 3.44. The minimum atomic E-state index is -2.93. The van der Waals surface area contributed by atoms with Gasteiger partial charge in [0.1, 0.15) is 5.60 Å². The molecule has 1 aliphatic carbocycles. The number of rotatable bonds is 3. The molecule has 2 rings (SSSR count). The van der Waals surface area contributed by atoms with E-state index >= 15 is 0 Å². The third-order valence-corrected chi connectivity index (χ3v) is 5.86. The molecule has 0 spiro atoms. The Morgan fingerprint density at radius 2 is 1.89 bits per heavy atom. The van der Waals surface area contributed by atoms with Crippen molar-refractivity contribution in [1.29, 1.82) is 0 Å².